The molecular formula is C19H20O2. The fourth-order valence-corrected chi connectivity index (χ4v) is 2.19. The number of hydrogen-bond acceptors (Lipinski definition) is 2. The quantitative estimate of drug-likeness (QED) is 0.768. The van der Waals surface area contributed by atoms with E-state index in [1.807, 2.05) is 24.3 Å². The molecule has 0 radical (unpaired) electrons. The summed E-state index contributed by atoms with van der Waals surface area (Å²) in [6.45, 7) is 3.84. The predicted molar refractivity (Wildman–Crippen MR) is 85.9 cm³/mol. The van der Waals surface area contributed by atoms with Crippen LogP contribution in [0.4, 0.5) is 0 Å². The molecule has 0 spiro atoms. The third-order valence-corrected chi connectivity index (χ3v) is 3.15. The summed E-state index contributed by atoms with van der Waals surface area (Å²) in [5.74, 6) is -0.252. The largest absolute Gasteiger partial charge is 0.461 e. The van der Waals surface area contributed by atoms with Crippen LogP contribution in [0.3, 0.4) is 0 Å². The third-order valence-electron chi connectivity index (χ3n) is 3.15. The lowest BCUT2D eigenvalue weighted by molar-refractivity contribution is -0.139. The fraction of sp³-hybridized carbons (Fsp3) is 0.211. The fourth-order valence-electron chi connectivity index (χ4n) is 2.19. The maximum atomic E-state index is 11.1. The van der Waals surface area contributed by atoms with E-state index in [-0.39, 0.29) is 5.97 Å². The van der Waals surface area contributed by atoms with E-state index in [0.29, 0.717) is 6.61 Å². The normalized spacial score (nSPS) is 11.2. The molecule has 0 amide bonds. The molecule has 2 aromatic rings. The van der Waals surface area contributed by atoms with Gasteiger partial charge in [0, 0.05) is 6.92 Å². The highest BCUT2D eigenvalue weighted by Crippen LogP contribution is 2.14. The molecule has 0 saturated carbocycles. The summed E-state index contributed by atoms with van der Waals surface area (Å²) in [4.78, 5) is 11.1. The summed E-state index contributed by atoms with van der Waals surface area (Å²) in [7, 11) is 0. The monoisotopic (exact) mass is 280 g/mol. The van der Waals surface area contributed by atoms with Gasteiger partial charge in [-0.1, -0.05) is 66.2 Å². The maximum Gasteiger partial charge on any atom is 0.302 e. The Morgan fingerprint density at radius 3 is 2.52 bits per heavy atom. The molecule has 0 heterocycles. The van der Waals surface area contributed by atoms with Gasteiger partial charge in [-0.25, -0.2) is 0 Å². The lowest BCUT2D eigenvalue weighted by Gasteiger charge is -2.09. The van der Waals surface area contributed by atoms with E-state index in [9.17, 15) is 4.79 Å². The van der Waals surface area contributed by atoms with E-state index >= 15 is 0 Å². The number of benzene rings is 2. The van der Waals surface area contributed by atoms with Crippen molar-refractivity contribution in [1.82, 2.24) is 0 Å². The van der Waals surface area contributed by atoms with Crippen LogP contribution in [0.1, 0.15) is 23.6 Å². The van der Waals surface area contributed by atoms with Crippen LogP contribution in [0.25, 0.3) is 6.08 Å². The highest BCUT2D eigenvalue weighted by atomic mass is 16.5. The summed E-state index contributed by atoms with van der Waals surface area (Å²) in [5, 5.41) is 0. The molecule has 0 bridgehead atoms. The Bertz CT molecular complexity index is 627. The third kappa shape index (κ3) is 5.27. The van der Waals surface area contributed by atoms with E-state index in [0.717, 1.165) is 17.6 Å². The lowest BCUT2D eigenvalue weighted by atomic mass is 10.0. The number of hydrogen-bond donors (Lipinski definition) is 0. The number of carbonyl (C=O) groups is 1. The minimum atomic E-state index is -0.252. The van der Waals surface area contributed by atoms with Crippen LogP contribution in [0.15, 0.2) is 60.2 Å². The van der Waals surface area contributed by atoms with Crippen LogP contribution in [-0.4, -0.2) is 12.6 Å². The average molecular weight is 280 g/mol. The lowest BCUT2D eigenvalue weighted by Crippen LogP contribution is -2.05. The van der Waals surface area contributed by atoms with Gasteiger partial charge in [0.2, 0.25) is 0 Å². The Balaban J connectivity index is 2.20. The molecule has 0 fully saturated rings. The van der Waals surface area contributed by atoms with Gasteiger partial charge in [0.05, 0.1) is 0 Å². The Hall–Kier alpha value is -2.35. The van der Waals surface area contributed by atoms with E-state index in [1.54, 1.807) is 0 Å². The van der Waals surface area contributed by atoms with Crippen LogP contribution >= 0.6 is 0 Å². The van der Waals surface area contributed by atoms with Crippen molar-refractivity contribution >= 4 is 12.0 Å². The van der Waals surface area contributed by atoms with Gasteiger partial charge in [-0.15, -0.1) is 0 Å². The molecular weight excluding hydrogens is 260 g/mol. The highest BCUT2D eigenvalue weighted by molar-refractivity contribution is 5.66. The maximum absolute atomic E-state index is 11.1. The first-order valence-electron chi connectivity index (χ1n) is 7.07. The van der Waals surface area contributed by atoms with Crippen LogP contribution < -0.4 is 0 Å². The molecule has 108 valence electrons. The van der Waals surface area contributed by atoms with E-state index < -0.39 is 0 Å². The molecule has 0 aliphatic carbocycles. The minimum absolute atomic E-state index is 0.252. The molecule has 2 nitrogen and oxygen atoms in total. The highest BCUT2D eigenvalue weighted by Gasteiger charge is 2.03. The standard InChI is InChI=1S/C19H20O2/c1-15-7-6-10-18(11-15)13-19(14-21-16(2)20)12-17-8-4-3-5-9-17/h3-11,13H,12,14H2,1-2H3/b19-13-. The number of rotatable bonds is 5. The first kappa shape index (κ1) is 15.0. The number of aryl methyl sites for hydroxylation is 1. The number of esters is 1. The summed E-state index contributed by atoms with van der Waals surface area (Å²) in [6, 6.07) is 18.5. The Labute approximate surface area is 126 Å². The van der Waals surface area contributed by atoms with Crippen molar-refractivity contribution in [3.8, 4) is 0 Å². The van der Waals surface area contributed by atoms with Crippen LogP contribution in [-0.2, 0) is 16.0 Å². The minimum Gasteiger partial charge on any atom is -0.461 e. The molecule has 0 saturated heterocycles. The number of carbonyl (C=O) groups excluding carboxylic acids is 1. The second-order valence-corrected chi connectivity index (χ2v) is 5.16. The van der Waals surface area contributed by atoms with Gasteiger partial charge < -0.3 is 4.74 Å². The van der Waals surface area contributed by atoms with Crippen LogP contribution in [0, 0.1) is 6.92 Å². The van der Waals surface area contributed by atoms with Gasteiger partial charge in [-0.05, 0) is 30.0 Å². The zero-order chi connectivity index (χ0) is 15.1. The summed E-state index contributed by atoms with van der Waals surface area (Å²) in [5.41, 5.74) is 4.65. The molecule has 0 unspecified atom stereocenters. The molecule has 0 N–H and O–H groups in total. The second-order valence-electron chi connectivity index (χ2n) is 5.16. The molecule has 0 atom stereocenters. The van der Waals surface area contributed by atoms with Gasteiger partial charge in [0.15, 0.2) is 0 Å². The van der Waals surface area contributed by atoms with Gasteiger partial charge in [-0.2, -0.15) is 0 Å². The molecule has 0 aliphatic heterocycles. The Morgan fingerprint density at radius 1 is 1.10 bits per heavy atom. The smallest absolute Gasteiger partial charge is 0.302 e. The Kier molecular flexibility index (Phi) is 5.33. The van der Waals surface area contributed by atoms with E-state index in [4.69, 9.17) is 4.74 Å². The zero-order valence-electron chi connectivity index (χ0n) is 12.5. The van der Waals surface area contributed by atoms with Crippen molar-refractivity contribution in [2.75, 3.05) is 6.61 Å². The SMILES string of the molecule is CC(=O)OC/C(=C\c1cccc(C)c1)Cc1ccccc1. The second kappa shape index (κ2) is 7.44. The van der Waals surface area contributed by atoms with Crippen molar-refractivity contribution in [3.63, 3.8) is 0 Å². The topological polar surface area (TPSA) is 26.3 Å². The molecule has 0 aromatic heterocycles. The van der Waals surface area contributed by atoms with Gasteiger partial charge >= 0.3 is 5.97 Å². The molecule has 21 heavy (non-hydrogen) atoms. The summed E-state index contributed by atoms with van der Waals surface area (Å²) in [6.07, 6.45) is 2.88. The van der Waals surface area contributed by atoms with Gasteiger partial charge in [0.25, 0.3) is 0 Å². The van der Waals surface area contributed by atoms with Crippen molar-refractivity contribution in [1.29, 1.82) is 0 Å². The van der Waals surface area contributed by atoms with Crippen molar-refractivity contribution < 1.29 is 9.53 Å². The van der Waals surface area contributed by atoms with Crippen molar-refractivity contribution in [2.24, 2.45) is 0 Å². The summed E-state index contributed by atoms with van der Waals surface area (Å²) >= 11 is 0. The van der Waals surface area contributed by atoms with E-state index in [1.165, 1.54) is 18.1 Å². The molecule has 2 heteroatoms. The number of ether oxygens (including phenoxy) is 1. The first-order valence-corrected chi connectivity index (χ1v) is 7.07. The molecule has 2 aromatic carbocycles. The zero-order valence-corrected chi connectivity index (χ0v) is 12.5. The van der Waals surface area contributed by atoms with Crippen molar-refractivity contribution in [2.45, 2.75) is 20.3 Å². The molecule has 2 rings (SSSR count). The van der Waals surface area contributed by atoms with Crippen molar-refractivity contribution in [3.05, 3.63) is 76.9 Å². The van der Waals surface area contributed by atoms with Gasteiger partial charge in [-0.3, -0.25) is 4.79 Å². The average Bonchev–Trinajstić information content (AvgIpc) is 2.46. The summed E-state index contributed by atoms with van der Waals surface area (Å²) < 4.78 is 5.17. The van der Waals surface area contributed by atoms with Crippen LogP contribution in [0.5, 0.6) is 0 Å². The Morgan fingerprint density at radius 2 is 1.86 bits per heavy atom. The van der Waals surface area contributed by atoms with E-state index in [2.05, 4.69) is 43.3 Å². The van der Waals surface area contributed by atoms with Crippen LogP contribution in [0.2, 0.25) is 0 Å². The molecule has 0 aliphatic rings. The first-order chi connectivity index (χ1) is 10.1. The van der Waals surface area contributed by atoms with Gasteiger partial charge in [0.1, 0.15) is 6.61 Å². The predicted octanol–water partition coefficient (Wildman–Crippen LogP) is 4.18.